The highest BCUT2D eigenvalue weighted by Crippen LogP contribution is 2.32. The summed E-state index contributed by atoms with van der Waals surface area (Å²) in [7, 11) is 1.43. The van der Waals surface area contributed by atoms with Crippen molar-refractivity contribution in [3.63, 3.8) is 0 Å². The van der Waals surface area contributed by atoms with Gasteiger partial charge in [0.25, 0.3) is 11.8 Å². The molecule has 2 amide bonds. The Labute approximate surface area is 151 Å². The van der Waals surface area contributed by atoms with Crippen molar-refractivity contribution in [2.45, 2.75) is 0 Å². The average molecular weight is 436 g/mol. The van der Waals surface area contributed by atoms with Gasteiger partial charge in [-0.2, -0.15) is 0 Å². The van der Waals surface area contributed by atoms with Crippen molar-refractivity contribution >= 4 is 46.2 Å². The molecule has 1 aliphatic heterocycles. The third-order valence-electron chi connectivity index (χ3n) is 3.53. The van der Waals surface area contributed by atoms with Gasteiger partial charge in [-0.15, -0.1) is 0 Å². The van der Waals surface area contributed by atoms with E-state index in [1.54, 1.807) is 30.3 Å². The van der Waals surface area contributed by atoms with E-state index in [0.717, 1.165) is 3.57 Å². The fraction of sp³-hybridized carbons (Fsp3) is 0.0588. The van der Waals surface area contributed by atoms with Gasteiger partial charge < -0.3 is 9.84 Å². The van der Waals surface area contributed by atoms with Gasteiger partial charge in [0.05, 0.1) is 12.8 Å². The number of benzene rings is 2. The van der Waals surface area contributed by atoms with Crippen LogP contribution in [0.1, 0.15) is 5.56 Å². The molecule has 0 saturated carbocycles. The van der Waals surface area contributed by atoms with Crippen molar-refractivity contribution in [3.05, 3.63) is 57.2 Å². The molecule has 1 saturated heterocycles. The number of hydrogen-bond donors (Lipinski definition) is 2. The summed E-state index contributed by atoms with van der Waals surface area (Å²) in [6.45, 7) is 0. The molecule has 0 atom stereocenters. The van der Waals surface area contributed by atoms with E-state index >= 15 is 0 Å². The maximum atomic E-state index is 12.5. The number of hydrazine groups is 1. The van der Waals surface area contributed by atoms with Gasteiger partial charge in [-0.1, -0.05) is 12.1 Å². The maximum absolute atomic E-state index is 12.5. The van der Waals surface area contributed by atoms with Gasteiger partial charge in [-0.25, -0.2) is 5.01 Å². The summed E-state index contributed by atoms with van der Waals surface area (Å²) in [5.41, 5.74) is 3.35. The molecule has 3 rings (SSSR count). The number of hydrogen-bond acceptors (Lipinski definition) is 4. The van der Waals surface area contributed by atoms with Gasteiger partial charge in [-0.05, 0) is 59.0 Å². The van der Waals surface area contributed by atoms with Crippen molar-refractivity contribution in [1.82, 2.24) is 5.43 Å². The number of nitrogens with one attached hydrogen (secondary N) is 1. The molecule has 0 bridgehead atoms. The summed E-state index contributed by atoms with van der Waals surface area (Å²) in [6.07, 6.45) is 1.35. The Morgan fingerprint density at radius 2 is 1.88 bits per heavy atom. The highest BCUT2D eigenvalue weighted by atomic mass is 127. The molecule has 7 heteroatoms. The third kappa shape index (κ3) is 2.94. The fourth-order valence-electron chi connectivity index (χ4n) is 2.31. The van der Waals surface area contributed by atoms with Crippen LogP contribution in [0.3, 0.4) is 0 Å². The van der Waals surface area contributed by atoms with E-state index in [1.807, 2.05) is 12.1 Å². The molecule has 1 fully saturated rings. The lowest BCUT2D eigenvalue weighted by atomic mass is 10.1. The summed E-state index contributed by atoms with van der Waals surface area (Å²) in [6, 6.07) is 12.0. The number of para-hydroxylation sites is 1. The van der Waals surface area contributed by atoms with E-state index in [0.29, 0.717) is 11.3 Å². The molecule has 24 heavy (non-hydrogen) atoms. The second-order valence-electron chi connectivity index (χ2n) is 5.01. The van der Waals surface area contributed by atoms with Crippen LogP contribution in [0.2, 0.25) is 0 Å². The van der Waals surface area contributed by atoms with E-state index in [1.165, 1.54) is 18.2 Å². The number of carbonyl (C=O) groups excluding carboxylic acids is 2. The minimum Gasteiger partial charge on any atom is -0.504 e. The van der Waals surface area contributed by atoms with E-state index in [4.69, 9.17) is 4.74 Å². The van der Waals surface area contributed by atoms with Crippen LogP contribution >= 0.6 is 22.6 Å². The van der Waals surface area contributed by atoms with E-state index in [-0.39, 0.29) is 17.1 Å². The van der Waals surface area contributed by atoms with E-state index in [2.05, 4.69) is 28.0 Å². The van der Waals surface area contributed by atoms with Crippen molar-refractivity contribution in [3.8, 4) is 11.5 Å². The minimum absolute atomic E-state index is 0.0582. The topological polar surface area (TPSA) is 78.9 Å². The molecular weight excluding hydrogens is 423 g/mol. The highest BCUT2D eigenvalue weighted by molar-refractivity contribution is 14.1. The van der Waals surface area contributed by atoms with Gasteiger partial charge in [0.2, 0.25) is 0 Å². The average Bonchev–Trinajstić information content (AvgIpc) is 2.85. The van der Waals surface area contributed by atoms with Crippen LogP contribution < -0.4 is 15.2 Å². The molecule has 1 heterocycles. The molecule has 122 valence electrons. The van der Waals surface area contributed by atoms with Crippen molar-refractivity contribution in [1.29, 1.82) is 0 Å². The molecule has 2 aromatic rings. The zero-order valence-corrected chi connectivity index (χ0v) is 14.8. The number of phenolic OH excluding ortho intramolecular Hbond substituents is 1. The summed E-state index contributed by atoms with van der Waals surface area (Å²) < 4.78 is 6.05. The smallest absolute Gasteiger partial charge is 0.282 e. The van der Waals surface area contributed by atoms with Gasteiger partial charge in [0.1, 0.15) is 5.57 Å². The van der Waals surface area contributed by atoms with Gasteiger partial charge >= 0.3 is 0 Å². The number of aromatic hydroxyl groups is 1. The molecule has 0 aromatic heterocycles. The number of carbonyl (C=O) groups is 2. The predicted octanol–water partition coefficient (Wildman–Crippen LogP) is 2.47. The third-order valence-corrected chi connectivity index (χ3v) is 4.25. The molecular formula is C17H13IN2O4. The van der Waals surface area contributed by atoms with Crippen molar-refractivity contribution in [2.24, 2.45) is 0 Å². The van der Waals surface area contributed by atoms with Crippen LogP contribution in [0.4, 0.5) is 5.69 Å². The molecule has 0 unspecified atom stereocenters. The number of ether oxygens (including phenoxy) is 1. The number of halogens is 1. The van der Waals surface area contributed by atoms with Crippen LogP contribution in [0.5, 0.6) is 11.5 Å². The molecule has 6 nitrogen and oxygen atoms in total. The van der Waals surface area contributed by atoms with Crippen LogP contribution in [-0.4, -0.2) is 24.0 Å². The minimum atomic E-state index is -0.527. The summed E-state index contributed by atoms with van der Waals surface area (Å²) in [5.74, 6) is -0.866. The summed E-state index contributed by atoms with van der Waals surface area (Å²) in [4.78, 5) is 24.7. The number of anilines is 1. The maximum Gasteiger partial charge on any atom is 0.282 e. The number of phenols is 1. The van der Waals surface area contributed by atoms with Crippen LogP contribution in [0.25, 0.3) is 6.08 Å². The molecule has 0 radical (unpaired) electrons. The van der Waals surface area contributed by atoms with Crippen molar-refractivity contribution in [2.75, 3.05) is 12.1 Å². The van der Waals surface area contributed by atoms with E-state index in [9.17, 15) is 14.7 Å². The Hall–Kier alpha value is -2.55. The molecule has 0 aliphatic carbocycles. The first kappa shape index (κ1) is 16.3. The lowest BCUT2D eigenvalue weighted by molar-refractivity contribution is -0.117. The Kier molecular flexibility index (Phi) is 4.43. The number of methoxy groups -OCH3 is 1. The lowest BCUT2D eigenvalue weighted by Crippen LogP contribution is -2.35. The Balaban J connectivity index is 1.96. The first-order chi connectivity index (χ1) is 11.5. The zero-order valence-electron chi connectivity index (χ0n) is 12.6. The first-order valence-electron chi connectivity index (χ1n) is 7.00. The first-order valence-corrected chi connectivity index (χ1v) is 8.08. The zero-order chi connectivity index (χ0) is 17.3. The largest absolute Gasteiger partial charge is 0.504 e. The Bertz CT molecular complexity index is 846. The van der Waals surface area contributed by atoms with Gasteiger partial charge in [-0.3, -0.25) is 15.0 Å². The monoisotopic (exact) mass is 436 g/mol. The predicted molar refractivity (Wildman–Crippen MR) is 97.4 cm³/mol. The summed E-state index contributed by atoms with van der Waals surface area (Å²) in [5, 5.41) is 11.3. The Morgan fingerprint density at radius 3 is 2.54 bits per heavy atom. The normalized spacial score (nSPS) is 15.8. The fourth-order valence-corrected chi connectivity index (χ4v) is 2.66. The quantitative estimate of drug-likeness (QED) is 0.441. The standard InChI is InChI=1S/C17H13IN2O4/c1-24-14-4-2-3-10(15(14)21)9-13-16(22)19-20(17(13)23)12-7-5-11(18)6-8-12/h2-9,21H,1H3,(H,19,22). The SMILES string of the molecule is COc1cccc(C=C2C(=O)NN(c3ccc(I)cc3)C2=O)c1O. The number of nitrogens with zero attached hydrogens (tertiary/aromatic N) is 1. The van der Waals surface area contributed by atoms with Gasteiger partial charge in [0.15, 0.2) is 11.5 Å². The van der Waals surface area contributed by atoms with Crippen LogP contribution in [0, 0.1) is 3.57 Å². The lowest BCUT2D eigenvalue weighted by Gasteiger charge is -2.14. The summed E-state index contributed by atoms with van der Waals surface area (Å²) >= 11 is 2.16. The molecule has 2 N–H and O–H groups in total. The van der Waals surface area contributed by atoms with Crippen LogP contribution in [0.15, 0.2) is 48.0 Å². The molecule has 1 aliphatic rings. The highest BCUT2D eigenvalue weighted by Gasteiger charge is 2.34. The molecule has 0 spiro atoms. The second kappa shape index (κ2) is 6.52. The Morgan fingerprint density at radius 1 is 1.17 bits per heavy atom. The van der Waals surface area contributed by atoms with Crippen LogP contribution in [-0.2, 0) is 9.59 Å². The van der Waals surface area contributed by atoms with Gasteiger partial charge in [0, 0.05) is 9.13 Å². The van der Waals surface area contributed by atoms with E-state index < -0.39 is 11.8 Å². The number of rotatable bonds is 3. The molecule has 2 aromatic carbocycles. The second-order valence-corrected chi connectivity index (χ2v) is 6.26. The number of amides is 2. The van der Waals surface area contributed by atoms with Crippen molar-refractivity contribution < 1.29 is 19.4 Å².